The second-order valence-electron chi connectivity index (χ2n) is 5.33. The highest BCUT2D eigenvalue weighted by Crippen LogP contribution is 2.32. The van der Waals surface area contributed by atoms with Crippen LogP contribution in [0.1, 0.15) is 0 Å². The Kier molecular flexibility index (Phi) is 4.17. The second kappa shape index (κ2) is 6.50. The van der Waals surface area contributed by atoms with E-state index in [2.05, 4.69) is 14.9 Å². The summed E-state index contributed by atoms with van der Waals surface area (Å²) in [6.45, 7) is 0.783. The molecule has 134 valence electrons. The van der Waals surface area contributed by atoms with Gasteiger partial charge >= 0.3 is 6.01 Å². The van der Waals surface area contributed by atoms with E-state index in [0.717, 1.165) is 0 Å². The lowest BCUT2D eigenvalue weighted by molar-refractivity contribution is 0.171. The van der Waals surface area contributed by atoms with Crippen molar-refractivity contribution >= 4 is 27.6 Å². The Labute approximate surface area is 153 Å². The van der Waals surface area contributed by atoms with Gasteiger partial charge in [-0.05, 0) is 36.4 Å². The van der Waals surface area contributed by atoms with E-state index in [1.165, 1.54) is 18.2 Å². The highest BCUT2D eigenvalue weighted by atomic mass is 35.5. The molecule has 8 nitrogen and oxygen atoms in total. The van der Waals surface area contributed by atoms with E-state index in [1.54, 1.807) is 24.3 Å². The largest absolute Gasteiger partial charge is 0.486 e. The zero-order valence-electron chi connectivity index (χ0n) is 13.2. The van der Waals surface area contributed by atoms with Gasteiger partial charge in [0.05, 0.1) is 4.90 Å². The van der Waals surface area contributed by atoms with E-state index >= 15 is 0 Å². The average Bonchev–Trinajstić information content (AvgIpc) is 3.09. The van der Waals surface area contributed by atoms with Crippen LogP contribution in [0.3, 0.4) is 0 Å². The van der Waals surface area contributed by atoms with Crippen molar-refractivity contribution in [2.75, 3.05) is 17.9 Å². The van der Waals surface area contributed by atoms with Crippen molar-refractivity contribution in [3.63, 3.8) is 0 Å². The highest BCUT2D eigenvalue weighted by Gasteiger charge is 2.22. The van der Waals surface area contributed by atoms with E-state index in [-0.39, 0.29) is 16.8 Å². The third-order valence-corrected chi connectivity index (χ3v) is 5.13. The first-order chi connectivity index (χ1) is 12.5. The molecule has 1 N–H and O–H groups in total. The third kappa shape index (κ3) is 3.31. The van der Waals surface area contributed by atoms with Crippen LogP contribution >= 0.6 is 11.6 Å². The van der Waals surface area contributed by atoms with Crippen molar-refractivity contribution in [1.82, 2.24) is 10.2 Å². The van der Waals surface area contributed by atoms with Crippen molar-refractivity contribution in [1.29, 1.82) is 0 Å². The molecule has 0 bridgehead atoms. The lowest BCUT2D eigenvalue weighted by atomic mass is 10.2. The maximum atomic E-state index is 12.5. The van der Waals surface area contributed by atoms with E-state index in [1.807, 2.05) is 0 Å². The summed E-state index contributed by atoms with van der Waals surface area (Å²) < 4.78 is 43.5. The molecule has 4 rings (SSSR count). The number of anilines is 1. The number of benzene rings is 2. The van der Waals surface area contributed by atoms with Crippen LogP contribution in [0.15, 0.2) is 51.8 Å². The molecule has 0 spiro atoms. The highest BCUT2D eigenvalue weighted by molar-refractivity contribution is 7.92. The molecule has 26 heavy (non-hydrogen) atoms. The Hall–Kier alpha value is -2.78. The van der Waals surface area contributed by atoms with Crippen molar-refractivity contribution in [3.05, 3.63) is 47.5 Å². The normalized spacial score (nSPS) is 13.4. The van der Waals surface area contributed by atoms with Crippen LogP contribution in [0.25, 0.3) is 11.5 Å². The lowest BCUT2D eigenvalue weighted by Gasteiger charge is -2.18. The minimum Gasteiger partial charge on any atom is -0.486 e. The van der Waals surface area contributed by atoms with Gasteiger partial charge in [-0.25, -0.2) is 13.1 Å². The van der Waals surface area contributed by atoms with Crippen LogP contribution in [0.4, 0.5) is 6.01 Å². The lowest BCUT2D eigenvalue weighted by Crippen LogP contribution is -2.17. The molecule has 0 atom stereocenters. The van der Waals surface area contributed by atoms with Crippen LogP contribution < -0.4 is 14.2 Å². The van der Waals surface area contributed by atoms with Crippen LogP contribution in [0.5, 0.6) is 11.5 Å². The molecule has 10 heteroatoms. The van der Waals surface area contributed by atoms with Gasteiger partial charge in [0.25, 0.3) is 10.0 Å². The molecule has 0 amide bonds. The van der Waals surface area contributed by atoms with Crippen LogP contribution in [0, 0.1) is 0 Å². The molecule has 0 saturated heterocycles. The SMILES string of the molecule is O=S(=O)(Nc1nnc(-c2ccc(Cl)cc2)o1)c1ccc2c(c1)OCCO2. The summed E-state index contributed by atoms with van der Waals surface area (Å²) in [6.07, 6.45) is 0. The number of nitrogens with zero attached hydrogens (tertiary/aromatic N) is 2. The van der Waals surface area contributed by atoms with Crippen LogP contribution in [0.2, 0.25) is 5.02 Å². The van der Waals surface area contributed by atoms with Gasteiger partial charge in [-0.15, -0.1) is 5.10 Å². The molecular weight excluding hydrogens is 382 g/mol. The number of rotatable bonds is 4. The fourth-order valence-electron chi connectivity index (χ4n) is 2.34. The van der Waals surface area contributed by atoms with Gasteiger partial charge in [0, 0.05) is 16.7 Å². The summed E-state index contributed by atoms with van der Waals surface area (Å²) in [5.74, 6) is 1.03. The van der Waals surface area contributed by atoms with Gasteiger partial charge in [-0.3, -0.25) is 0 Å². The quantitative estimate of drug-likeness (QED) is 0.726. The zero-order valence-corrected chi connectivity index (χ0v) is 14.7. The summed E-state index contributed by atoms with van der Waals surface area (Å²) in [6, 6.07) is 10.8. The Morgan fingerprint density at radius 1 is 0.962 bits per heavy atom. The Morgan fingerprint density at radius 3 is 2.46 bits per heavy atom. The Balaban J connectivity index is 1.57. The molecule has 0 unspecified atom stereocenters. The van der Waals surface area contributed by atoms with Gasteiger partial charge in [0.1, 0.15) is 13.2 Å². The molecule has 1 aromatic heterocycles. The molecule has 0 saturated carbocycles. The Morgan fingerprint density at radius 2 is 1.69 bits per heavy atom. The topological polar surface area (TPSA) is 104 Å². The molecule has 2 heterocycles. The minimum absolute atomic E-state index is 0.00649. The predicted molar refractivity (Wildman–Crippen MR) is 93.0 cm³/mol. The number of ether oxygens (including phenoxy) is 2. The zero-order chi connectivity index (χ0) is 18.1. The van der Waals surface area contributed by atoms with Gasteiger partial charge < -0.3 is 13.9 Å². The smallest absolute Gasteiger partial charge is 0.330 e. The van der Waals surface area contributed by atoms with E-state index in [0.29, 0.717) is 35.3 Å². The summed E-state index contributed by atoms with van der Waals surface area (Å²) in [5, 5.41) is 8.11. The number of sulfonamides is 1. The Bertz CT molecular complexity index is 1050. The van der Waals surface area contributed by atoms with E-state index in [4.69, 9.17) is 25.5 Å². The first-order valence-electron chi connectivity index (χ1n) is 7.53. The van der Waals surface area contributed by atoms with Crippen LogP contribution in [-0.4, -0.2) is 31.8 Å². The maximum Gasteiger partial charge on any atom is 0.330 e. The predicted octanol–water partition coefficient (Wildman–Crippen LogP) is 2.96. The fraction of sp³-hybridized carbons (Fsp3) is 0.125. The monoisotopic (exact) mass is 393 g/mol. The van der Waals surface area contributed by atoms with Gasteiger partial charge in [0.15, 0.2) is 11.5 Å². The summed E-state index contributed by atoms with van der Waals surface area (Å²) in [5.41, 5.74) is 0.617. The molecule has 2 aromatic carbocycles. The molecular formula is C16H12ClN3O5S. The average molecular weight is 394 g/mol. The van der Waals surface area contributed by atoms with Gasteiger partial charge in [-0.1, -0.05) is 16.7 Å². The molecule has 0 radical (unpaired) electrons. The minimum atomic E-state index is -3.93. The first kappa shape index (κ1) is 16.7. The second-order valence-corrected chi connectivity index (χ2v) is 7.45. The standard InChI is InChI=1S/C16H12ClN3O5S/c17-11-3-1-10(2-4-11)15-18-19-16(25-15)20-26(21,22)12-5-6-13-14(9-12)24-8-7-23-13/h1-6,9H,7-8H2,(H,19,20). The van der Waals surface area contributed by atoms with Gasteiger partial charge in [0.2, 0.25) is 5.89 Å². The van der Waals surface area contributed by atoms with Crippen LogP contribution in [-0.2, 0) is 10.0 Å². The van der Waals surface area contributed by atoms with Crippen molar-refractivity contribution in [3.8, 4) is 23.0 Å². The van der Waals surface area contributed by atoms with Gasteiger partial charge in [-0.2, -0.15) is 0 Å². The first-order valence-corrected chi connectivity index (χ1v) is 9.39. The van der Waals surface area contributed by atoms with Crippen molar-refractivity contribution in [2.45, 2.75) is 4.90 Å². The fourth-order valence-corrected chi connectivity index (χ4v) is 3.40. The molecule has 0 fully saturated rings. The van der Waals surface area contributed by atoms with E-state index < -0.39 is 10.0 Å². The van der Waals surface area contributed by atoms with Crippen molar-refractivity contribution < 1.29 is 22.3 Å². The number of aromatic nitrogens is 2. The summed E-state index contributed by atoms with van der Waals surface area (Å²) in [4.78, 5) is -0.00649. The number of hydrogen-bond acceptors (Lipinski definition) is 7. The van der Waals surface area contributed by atoms with Crippen molar-refractivity contribution in [2.24, 2.45) is 0 Å². The number of fused-ring (bicyclic) bond motifs is 1. The molecule has 1 aliphatic heterocycles. The summed E-state index contributed by atoms with van der Waals surface area (Å²) in [7, 11) is -3.93. The summed E-state index contributed by atoms with van der Waals surface area (Å²) >= 11 is 5.83. The number of nitrogens with one attached hydrogen (secondary N) is 1. The number of halogens is 1. The molecule has 0 aliphatic carbocycles. The third-order valence-electron chi connectivity index (χ3n) is 3.56. The molecule has 1 aliphatic rings. The number of hydrogen-bond donors (Lipinski definition) is 1. The molecule has 3 aromatic rings. The van der Waals surface area contributed by atoms with E-state index in [9.17, 15) is 8.42 Å². The maximum absolute atomic E-state index is 12.5.